The lowest BCUT2D eigenvalue weighted by atomic mass is 10.1. The topological polar surface area (TPSA) is 75.4 Å². The van der Waals surface area contributed by atoms with E-state index < -0.39 is 11.9 Å². The maximum absolute atomic E-state index is 12.3. The molecule has 1 aromatic carbocycles. The first kappa shape index (κ1) is 13.0. The van der Waals surface area contributed by atoms with Crippen LogP contribution in [-0.4, -0.2) is 42.4 Å². The zero-order chi connectivity index (χ0) is 13.1. The second-order valence-corrected chi connectivity index (χ2v) is 5.05. The minimum absolute atomic E-state index is 0.165. The van der Waals surface area contributed by atoms with E-state index in [4.69, 9.17) is 5.73 Å². The average molecular weight is 312 g/mol. The van der Waals surface area contributed by atoms with Crippen LogP contribution in [0.5, 0.6) is 0 Å². The number of piperazine rings is 1. The van der Waals surface area contributed by atoms with E-state index in [2.05, 4.69) is 21.2 Å². The summed E-state index contributed by atoms with van der Waals surface area (Å²) in [7, 11) is 0. The summed E-state index contributed by atoms with van der Waals surface area (Å²) in [6.07, 6.45) is 0. The molecule has 1 fully saturated rings. The predicted molar refractivity (Wildman–Crippen MR) is 71.0 cm³/mol. The van der Waals surface area contributed by atoms with Crippen molar-refractivity contribution in [2.45, 2.75) is 6.04 Å². The molecule has 1 heterocycles. The van der Waals surface area contributed by atoms with Crippen molar-refractivity contribution >= 4 is 27.7 Å². The third kappa shape index (κ3) is 2.70. The molecule has 1 atom stereocenters. The van der Waals surface area contributed by atoms with Crippen molar-refractivity contribution in [2.75, 3.05) is 19.6 Å². The number of rotatable bonds is 2. The van der Waals surface area contributed by atoms with Crippen molar-refractivity contribution in [3.05, 3.63) is 34.3 Å². The highest BCUT2D eigenvalue weighted by molar-refractivity contribution is 9.10. The van der Waals surface area contributed by atoms with Gasteiger partial charge in [-0.3, -0.25) is 9.59 Å². The van der Waals surface area contributed by atoms with Crippen molar-refractivity contribution in [3.8, 4) is 0 Å². The Kier molecular flexibility index (Phi) is 3.98. The molecule has 1 saturated heterocycles. The third-order valence-corrected chi connectivity index (χ3v) is 3.40. The molecule has 0 saturated carbocycles. The zero-order valence-electron chi connectivity index (χ0n) is 9.73. The van der Waals surface area contributed by atoms with Gasteiger partial charge < -0.3 is 16.0 Å². The number of amides is 2. The molecule has 0 aliphatic carbocycles. The van der Waals surface area contributed by atoms with Crippen LogP contribution in [0.25, 0.3) is 0 Å². The molecule has 1 aromatic rings. The van der Waals surface area contributed by atoms with Crippen LogP contribution in [0.15, 0.2) is 28.7 Å². The van der Waals surface area contributed by atoms with E-state index in [9.17, 15) is 9.59 Å². The van der Waals surface area contributed by atoms with Crippen LogP contribution in [0.4, 0.5) is 0 Å². The Morgan fingerprint density at radius 3 is 2.89 bits per heavy atom. The van der Waals surface area contributed by atoms with Gasteiger partial charge in [0.25, 0.3) is 5.91 Å². The highest BCUT2D eigenvalue weighted by Gasteiger charge is 2.31. The highest BCUT2D eigenvalue weighted by Crippen LogP contribution is 2.15. The van der Waals surface area contributed by atoms with Crippen molar-refractivity contribution in [1.82, 2.24) is 10.2 Å². The summed E-state index contributed by atoms with van der Waals surface area (Å²) in [6, 6.07) is 6.53. The van der Waals surface area contributed by atoms with Gasteiger partial charge >= 0.3 is 0 Å². The lowest BCUT2D eigenvalue weighted by Crippen LogP contribution is -2.58. The lowest BCUT2D eigenvalue weighted by Gasteiger charge is -2.34. The van der Waals surface area contributed by atoms with E-state index >= 15 is 0 Å². The second kappa shape index (κ2) is 5.49. The molecule has 1 unspecified atom stereocenters. The minimum Gasteiger partial charge on any atom is -0.368 e. The largest absolute Gasteiger partial charge is 0.368 e. The molecule has 0 bridgehead atoms. The van der Waals surface area contributed by atoms with Crippen LogP contribution in [0.2, 0.25) is 0 Å². The Labute approximate surface area is 113 Å². The first-order chi connectivity index (χ1) is 8.59. The van der Waals surface area contributed by atoms with Gasteiger partial charge in [-0.05, 0) is 18.2 Å². The van der Waals surface area contributed by atoms with Gasteiger partial charge in [0.2, 0.25) is 5.91 Å². The molecule has 0 spiro atoms. The van der Waals surface area contributed by atoms with E-state index in [-0.39, 0.29) is 5.91 Å². The van der Waals surface area contributed by atoms with Crippen molar-refractivity contribution in [1.29, 1.82) is 0 Å². The number of nitrogens with two attached hydrogens (primary N) is 1. The first-order valence-corrected chi connectivity index (χ1v) is 6.45. The Morgan fingerprint density at radius 2 is 2.22 bits per heavy atom. The average Bonchev–Trinajstić information content (AvgIpc) is 2.38. The summed E-state index contributed by atoms with van der Waals surface area (Å²) in [5.41, 5.74) is 5.87. The number of hydrogen-bond donors (Lipinski definition) is 2. The lowest BCUT2D eigenvalue weighted by molar-refractivity contribution is -0.122. The number of nitrogens with zero attached hydrogens (tertiary/aromatic N) is 1. The Bertz CT molecular complexity index is 478. The number of primary amides is 1. The molecule has 2 amide bonds. The van der Waals surface area contributed by atoms with Crippen molar-refractivity contribution in [3.63, 3.8) is 0 Å². The number of carbonyl (C=O) groups excluding carboxylic acids is 2. The van der Waals surface area contributed by atoms with Crippen LogP contribution in [-0.2, 0) is 4.79 Å². The maximum atomic E-state index is 12.3. The number of hydrogen-bond acceptors (Lipinski definition) is 3. The first-order valence-electron chi connectivity index (χ1n) is 5.66. The zero-order valence-corrected chi connectivity index (χ0v) is 11.3. The van der Waals surface area contributed by atoms with Gasteiger partial charge in [-0.1, -0.05) is 22.0 Å². The fraction of sp³-hybridized carbons (Fsp3) is 0.333. The molecule has 96 valence electrons. The van der Waals surface area contributed by atoms with Crippen molar-refractivity contribution < 1.29 is 9.59 Å². The van der Waals surface area contributed by atoms with E-state index in [0.29, 0.717) is 25.2 Å². The smallest absolute Gasteiger partial charge is 0.254 e. The highest BCUT2D eigenvalue weighted by atomic mass is 79.9. The van der Waals surface area contributed by atoms with Crippen molar-refractivity contribution in [2.24, 2.45) is 5.73 Å². The summed E-state index contributed by atoms with van der Waals surface area (Å²) in [4.78, 5) is 25.2. The number of benzene rings is 1. The van der Waals surface area contributed by atoms with Crippen LogP contribution >= 0.6 is 15.9 Å². The number of carbonyl (C=O) groups is 2. The summed E-state index contributed by atoms with van der Waals surface area (Å²) in [5, 5.41) is 3.06. The van der Waals surface area contributed by atoms with Gasteiger partial charge in [0, 0.05) is 29.7 Å². The number of nitrogens with one attached hydrogen (secondary N) is 1. The molecule has 0 radical (unpaired) electrons. The molecule has 1 aliphatic heterocycles. The van der Waals surface area contributed by atoms with E-state index in [1.807, 2.05) is 6.07 Å². The molecule has 1 aliphatic rings. The monoisotopic (exact) mass is 311 g/mol. The van der Waals surface area contributed by atoms with E-state index in [0.717, 1.165) is 4.47 Å². The summed E-state index contributed by atoms with van der Waals surface area (Å²) >= 11 is 3.32. The standard InChI is InChI=1S/C12H14BrN3O2/c13-9-3-1-2-8(6-9)12(18)16-5-4-15-7-10(16)11(14)17/h1-3,6,10,15H,4-5,7H2,(H2,14,17). The molecule has 2 rings (SSSR count). The van der Waals surface area contributed by atoms with Crippen LogP contribution in [0.3, 0.4) is 0 Å². The Morgan fingerprint density at radius 1 is 1.44 bits per heavy atom. The maximum Gasteiger partial charge on any atom is 0.254 e. The summed E-state index contributed by atoms with van der Waals surface area (Å²) in [5.74, 6) is -0.646. The van der Waals surface area contributed by atoms with Gasteiger partial charge in [0.05, 0.1) is 0 Å². The van der Waals surface area contributed by atoms with Gasteiger partial charge in [-0.15, -0.1) is 0 Å². The molecule has 5 nitrogen and oxygen atoms in total. The van der Waals surface area contributed by atoms with Gasteiger partial charge in [-0.25, -0.2) is 0 Å². The van der Waals surface area contributed by atoms with Crippen LogP contribution < -0.4 is 11.1 Å². The van der Waals surface area contributed by atoms with Gasteiger partial charge in [0.1, 0.15) is 6.04 Å². The molecular weight excluding hydrogens is 298 g/mol. The number of halogens is 1. The molecule has 0 aromatic heterocycles. The van der Waals surface area contributed by atoms with Gasteiger partial charge in [0.15, 0.2) is 0 Å². The summed E-state index contributed by atoms with van der Waals surface area (Å²) < 4.78 is 0.833. The Balaban J connectivity index is 2.23. The summed E-state index contributed by atoms with van der Waals surface area (Å²) in [6.45, 7) is 1.57. The minimum atomic E-state index is -0.578. The predicted octanol–water partition coefficient (Wildman–Crippen LogP) is 0.348. The quantitative estimate of drug-likeness (QED) is 0.827. The molecular formula is C12H14BrN3O2. The second-order valence-electron chi connectivity index (χ2n) is 4.13. The van der Waals surface area contributed by atoms with Crippen LogP contribution in [0.1, 0.15) is 10.4 Å². The van der Waals surface area contributed by atoms with E-state index in [1.54, 1.807) is 18.2 Å². The third-order valence-electron chi connectivity index (χ3n) is 2.90. The fourth-order valence-corrected chi connectivity index (χ4v) is 2.39. The fourth-order valence-electron chi connectivity index (χ4n) is 1.99. The van der Waals surface area contributed by atoms with E-state index in [1.165, 1.54) is 4.90 Å². The van der Waals surface area contributed by atoms with Gasteiger partial charge in [-0.2, -0.15) is 0 Å². The normalized spacial score (nSPS) is 19.6. The Hall–Kier alpha value is -1.40. The molecule has 6 heteroatoms. The SMILES string of the molecule is NC(=O)C1CNCCN1C(=O)c1cccc(Br)c1. The van der Waals surface area contributed by atoms with Crippen LogP contribution in [0, 0.1) is 0 Å². The molecule has 3 N–H and O–H groups in total. The molecule has 18 heavy (non-hydrogen) atoms.